The average molecular weight is 314 g/mol. The van der Waals surface area contributed by atoms with E-state index in [1.165, 1.54) is 0 Å². The number of carbonyl (C=O) groups excluding carboxylic acids is 2. The van der Waals surface area contributed by atoms with Gasteiger partial charge in [0, 0.05) is 51.2 Å². The monoisotopic (exact) mass is 314 g/mol. The highest BCUT2D eigenvalue weighted by molar-refractivity contribution is 5.77. The molecule has 4 N–H and O–H groups in total. The number of hydrogen-bond acceptors (Lipinski definition) is 5. The van der Waals surface area contributed by atoms with Crippen LogP contribution in [0.2, 0.25) is 0 Å². The van der Waals surface area contributed by atoms with E-state index in [9.17, 15) is 9.59 Å². The van der Waals surface area contributed by atoms with E-state index in [4.69, 9.17) is 15.2 Å². The van der Waals surface area contributed by atoms with Crippen LogP contribution in [0, 0.1) is 5.92 Å². The molecule has 2 heterocycles. The molecule has 0 radical (unpaired) electrons. The minimum absolute atomic E-state index is 0.0778. The maximum Gasteiger partial charge on any atom is 0.312 e. The Hall–Kier alpha value is -1.38. The molecule has 0 saturated carbocycles. The number of nitrogens with zero attached hydrogens (tertiary/aromatic N) is 1. The third-order valence-corrected chi connectivity index (χ3v) is 4.18. The maximum absolute atomic E-state index is 11.8. The standard InChI is InChI=1S/C14H26N4O4/c15-14(20)16-3-1-13(19)17-9-12(11-2-6-22-10-11)18-4-7-21-8-5-18/h11-12H,1-10H2,(H,17,19)(H3,15,16,20). The van der Waals surface area contributed by atoms with Gasteiger partial charge in [0.15, 0.2) is 0 Å². The number of nitrogens with one attached hydrogen (secondary N) is 2. The van der Waals surface area contributed by atoms with Gasteiger partial charge < -0.3 is 25.8 Å². The van der Waals surface area contributed by atoms with Crippen LogP contribution in [0.5, 0.6) is 0 Å². The van der Waals surface area contributed by atoms with Crippen molar-refractivity contribution >= 4 is 11.9 Å². The van der Waals surface area contributed by atoms with Gasteiger partial charge in [-0.15, -0.1) is 0 Å². The number of carbonyl (C=O) groups is 2. The molecule has 8 heteroatoms. The van der Waals surface area contributed by atoms with Gasteiger partial charge in [0.25, 0.3) is 0 Å². The van der Waals surface area contributed by atoms with Crippen molar-refractivity contribution in [3.05, 3.63) is 0 Å². The normalized spacial score (nSPS) is 23.9. The van der Waals surface area contributed by atoms with Crippen molar-refractivity contribution in [3.63, 3.8) is 0 Å². The van der Waals surface area contributed by atoms with Crippen LogP contribution in [0.15, 0.2) is 0 Å². The maximum atomic E-state index is 11.8. The second-order valence-electron chi connectivity index (χ2n) is 5.68. The van der Waals surface area contributed by atoms with Crippen LogP contribution in [0.25, 0.3) is 0 Å². The number of urea groups is 1. The largest absolute Gasteiger partial charge is 0.381 e. The molecule has 2 aliphatic rings. The van der Waals surface area contributed by atoms with Crippen molar-refractivity contribution in [1.29, 1.82) is 0 Å². The predicted octanol–water partition coefficient (Wildman–Crippen LogP) is -1.10. The van der Waals surface area contributed by atoms with Crippen molar-refractivity contribution in [1.82, 2.24) is 15.5 Å². The Morgan fingerprint density at radius 1 is 1.18 bits per heavy atom. The van der Waals surface area contributed by atoms with Gasteiger partial charge in [-0.05, 0) is 6.42 Å². The molecule has 0 bridgehead atoms. The Kier molecular flexibility index (Phi) is 6.88. The number of ether oxygens (including phenoxy) is 2. The number of morpholine rings is 1. The summed E-state index contributed by atoms with van der Waals surface area (Å²) < 4.78 is 10.9. The molecular weight excluding hydrogens is 288 g/mol. The zero-order chi connectivity index (χ0) is 15.8. The fourth-order valence-corrected chi connectivity index (χ4v) is 2.97. The van der Waals surface area contributed by atoms with Gasteiger partial charge in [0.2, 0.25) is 5.91 Å². The van der Waals surface area contributed by atoms with Crippen molar-refractivity contribution in [2.75, 3.05) is 52.6 Å². The van der Waals surface area contributed by atoms with Gasteiger partial charge in [-0.1, -0.05) is 0 Å². The number of rotatable bonds is 7. The summed E-state index contributed by atoms with van der Waals surface area (Å²) in [4.78, 5) is 24.8. The molecule has 2 atom stereocenters. The SMILES string of the molecule is NC(=O)NCCC(=O)NCC(C1CCOC1)N1CCOCC1. The van der Waals surface area contributed by atoms with Crippen LogP contribution in [0.3, 0.4) is 0 Å². The first-order chi connectivity index (χ1) is 10.7. The molecule has 0 spiro atoms. The van der Waals surface area contributed by atoms with E-state index in [1.54, 1.807) is 0 Å². The fourth-order valence-electron chi connectivity index (χ4n) is 2.97. The minimum Gasteiger partial charge on any atom is -0.381 e. The summed E-state index contributed by atoms with van der Waals surface area (Å²) in [5.74, 6) is 0.369. The zero-order valence-electron chi connectivity index (χ0n) is 12.9. The molecule has 2 fully saturated rings. The highest BCUT2D eigenvalue weighted by Crippen LogP contribution is 2.21. The van der Waals surface area contributed by atoms with Crippen LogP contribution in [-0.2, 0) is 14.3 Å². The summed E-state index contributed by atoms with van der Waals surface area (Å²) >= 11 is 0. The molecule has 2 saturated heterocycles. The van der Waals surface area contributed by atoms with Crippen molar-refractivity contribution in [2.45, 2.75) is 18.9 Å². The molecule has 126 valence electrons. The number of nitrogens with two attached hydrogens (primary N) is 1. The molecular formula is C14H26N4O4. The second-order valence-corrected chi connectivity index (χ2v) is 5.68. The predicted molar refractivity (Wildman–Crippen MR) is 80.3 cm³/mol. The van der Waals surface area contributed by atoms with E-state index in [-0.39, 0.29) is 24.9 Å². The van der Waals surface area contributed by atoms with Crippen molar-refractivity contribution in [3.8, 4) is 0 Å². The quantitative estimate of drug-likeness (QED) is 0.553. The lowest BCUT2D eigenvalue weighted by Gasteiger charge is -2.37. The van der Waals surface area contributed by atoms with E-state index >= 15 is 0 Å². The van der Waals surface area contributed by atoms with Crippen molar-refractivity contribution in [2.24, 2.45) is 11.7 Å². The van der Waals surface area contributed by atoms with Gasteiger partial charge >= 0.3 is 6.03 Å². The summed E-state index contributed by atoms with van der Waals surface area (Å²) in [6.45, 7) is 5.66. The second kappa shape index (κ2) is 8.92. The van der Waals surface area contributed by atoms with Gasteiger partial charge in [0.1, 0.15) is 0 Å². The first-order valence-corrected chi connectivity index (χ1v) is 7.86. The lowest BCUT2D eigenvalue weighted by atomic mass is 9.97. The van der Waals surface area contributed by atoms with Crippen LogP contribution in [-0.4, -0.2) is 75.5 Å². The van der Waals surface area contributed by atoms with Crippen LogP contribution in [0.4, 0.5) is 4.79 Å². The van der Waals surface area contributed by atoms with E-state index < -0.39 is 6.03 Å². The topological polar surface area (TPSA) is 106 Å². The number of hydrogen-bond donors (Lipinski definition) is 3. The molecule has 0 aliphatic carbocycles. The van der Waals surface area contributed by atoms with Gasteiger partial charge in [-0.3, -0.25) is 9.69 Å². The summed E-state index contributed by atoms with van der Waals surface area (Å²) in [6, 6.07) is -0.332. The van der Waals surface area contributed by atoms with E-state index in [1.807, 2.05) is 0 Å². The van der Waals surface area contributed by atoms with Gasteiger partial charge in [-0.25, -0.2) is 4.79 Å². The summed E-state index contributed by atoms with van der Waals surface area (Å²) in [5, 5.41) is 5.38. The van der Waals surface area contributed by atoms with Gasteiger partial charge in [-0.2, -0.15) is 0 Å². The molecule has 0 aromatic rings. The first kappa shape index (κ1) is 17.0. The molecule has 2 rings (SSSR count). The third-order valence-electron chi connectivity index (χ3n) is 4.18. The van der Waals surface area contributed by atoms with Crippen LogP contribution in [0.1, 0.15) is 12.8 Å². The summed E-state index contributed by atoms with van der Waals surface area (Å²) in [6.07, 6.45) is 1.26. The molecule has 22 heavy (non-hydrogen) atoms. The number of amides is 3. The van der Waals surface area contributed by atoms with Crippen LogP contribution >= 0.6 is 0 Å². The zero-order valence-corrected chi connectivity index (χ0v) is 12.9. The number of primary amides is 1. The molecule has 0 aromatic carbocycles. The van der Waals surface area contributed by atoms with E-state index in [2.05, 4.69) is 15.5 Å². The lowest BCUT2D eigenvalue weighted by Crippen LogP contribution is -2.52. The van der Waals surface area contributed by atoms with Gasteiger partial charge in [0.05, 0.1) is 19.8 Å². The average Bonchev–Trinajstić information content (AvgIpc) is 3.02. The molecule has 2 unspecified atom stereocenters. The first-order valence-electron chi connectivity index (χ1n) is 7.86. The third kappa shape index (κ3) is 5.43. The minimum atomic E-state index is -0.609. The fraction of sp³-hybridized carbons (Fsp3) is 0.857. The lowest BCUT2D eigenvalue weighted by molar-refractivity contribution is -0.121. The highest BCUT2D eigenvalue weighted by atomic mass is 16.5. The van der Waals surface area contributed by atoms with E-state index in [0.717, 1.165) is 45.9 Å². The Labute approximate surface area is 130 Å². The summed E-state index contributed by atoms with van der Waals surface area (Å²) in [5.41, 5.74) is 4.97. The van der Waals surface area contributed by atoms with Crippen molar-refractivity contribution < 1.29 is 19.1 Å². The summed E-state index contributed by atoms with van der Waals surface area (Å²) in [7, 11) is 0. The van der Waals surface area contributed by atoms with E-state index in [0.29, 0.717) is 12.5 Å². The Morgan fingerprint density at radius 2 is 1.95 bits per heavy atom. The van der Waals surface area contributed by atoms with Crippen LogP contribution < -0.4 is 16.4 Å². The molecule has 2 aliphatic heterocycles. The molecule has 0 aromatic heterocycles. The molecule has 3 amide bonds. The highest BCUT2D eigenvalue weighted by Gasteiger charge is 2.31. The smallest absolute Gasteiger partial charge is 0.312 e. The Morgan fingerprint density at radius 3 is 2.59 bits per heavy atom. The molecule has 8 nitrogen and oxygen atoms in total. The Bertz CT molecular complexity index is 368. The Balaban J connectivity index is 1.78.